The Balaban J connectivity index is 1.59. The molecule has 122 valence electrons. The molecule has 3 rings (SSSR count). The summed E-state index contributed by atoms with van der Waals surface area (Å²) in [5.74, 6) is 1.48. The summed E-state index contributed by atoms with van der Waals surface area (Å²) >= 11 is 0. The maximum absolute atomic E-state index is 12.4. The van der Waals surface area contributed by atoms with Gasteiger partial charge in [0.25, 0.3) is 5.91 Å². The summed E-state index contributed by atoms with van der Waals surface area (Å²) < 4.78 is 7.37. The molecule has 1 aromatic carbocycles. The highest BCUT2D eigenvalue weighted by atomic mass is 16.5. The third-order valence-electron chi connectivity index (χ3n) is 4.02. The molecule has 0 bridgehead atoms. The fraction of sp³-hybridized carbons (Fsp3) is 0.500. The minimum absolute atomic E-state index is 0.103. The monoisotopic (exact) mass is 315 g/mol. The summed E-state index contributed by atoms with van der Waals surface area (Å²) in [6.45, 7) is 4.70. The number of amides is 1. The van der Waals surface area contributed by atoms with Gasteiger partial charge < -0.3 is 9.64 Å². The van der Waals surface area contributed by atoms with Crippen molar-refractivity contribution in [3.05, 3.63) is 35.7 Å². The Hall–Kier alpha value is -2.44. The number of hydrogen-bond donors (Lipinski definition) is 0. The van der Waals surface area contributed by atoms with Crippen molar-refractivity contribution in [3.8, 4) is 5.75 Å². The third kappa shape index (κ3) is 3.67. The summed E-state index contributed by atoms with van der Waals surface area (Å²) in [5, 5.41) is 11.4. The number of tetrazole rings is 1. The minimum Gasteiger partial charge on any atom is -0.486 e. The highest BCUT2D eigenvalue weighted by Crippen LogP contribution is 2.17. The van der Waals surface area contributed by atoms with Crippen LogP contribution in [0.5, 0.6) is 5.75 Å². The normalized spacial score (nSPS) is 14.7. The van der Waals surface area contributed by atoms with E-state index in [-0.39, 0.29) is 5.91 Å². The molecule has 2 aromatic rings. The molecular formula is C16H21N5O2. The van der Waals surface area contributed by atoms with Gasteiger partial charge >= 0.3 is 0 Å². The molecule has 23 heavy (non-hydrogen) atoms. The van der Waals surface area contributed by atoms with E-state index in [4.69, 9.17) is 4.74 Å². The molecule has 0 unspecified atom stereocenters. The first kappa shape index (κ1) is 15.5. The zero-order valence-electron chi connectivity index (χ0n) is 13.3. The minimum atomic E-state index is 0.103. The van der Waals surface area contributed by atoms with Gasteiger partial charge in [0.2, 0.25) is 0 Å². The molecule has 1 aromatic heterocycles. The Morgan fingerprint density at radius 2 is 1.91 bits per heavy atom. The number of benzene rings is 1. The van der Waals surface area contributed by atoms with Crippen molar-refractivity contribution in [2.75, 3.05) is 13.1 Å². The zero-order chi connectivity index (χ0) is 16.1. The van der Waals surface area contributed by atoms with Crippen LogP contribution in [0, 0.1) is 0 Å². The predicted octanol–water partition coefficient (Wildman–Crippen LogP) is 1.90. The highest BCUT2D eigenvalue weighted by molar-refractivity contribution is 5.94. The van der Waals surface area contributed by atoms with E-state index in [1.165, 1.54) is 6.42 Å². The van der Waals surface area contributed by atoms with Gasteiger partial charge in [0.1, 0.15) is 12.4 Å². The third-order valence-corrected chi connectivity index (χ3v) is 4.02. The van der Waals surface area contributed by atoms with Crippen LogP contribution in [0.3, 0.4) is 0 Å². The molecule has 7 nitrogen and oxygen atoms in total. The molecule has 0 aliphatic carbocycles. The summed E-state index contributed by atoms with van der Waals surface area (Å²) in [6, 6.07) is 7.26. The van der Waals surface area contributed by atoms with E-state index in [9.17, 15) is 4.79 Å². The van der Waals surface area contributed by atoms with Crippen LogP contribution in [-0.4, -0.2) is 44.1 Å². The summed E-state index contributed by atoms with van der Waals surface area (Å²) in [4.78, 5) is 14.3. The molecule has 0 radical (unpaired) electrons. The molecule has 1 aliphatic rings. The lowest BCUT2D eigenvalue weighted by atomic mass is 10.1. The number of aromatic nitrogens is 4. The van der Waals surface area contributed by atoms with E-state index in [1.54, 1.807) is 4.68 Å². The number of nitrogens with zero attached hydrogens (tertiary/aromatic N) is 5. The van der Waals surface area contributed by atoms with E-state index in [0.717, 1.165) is 25.9 Å². The summed E-state index contributed by atoms with van der Waals surface area (Å²) in [6.07, 6.45) is 3.41. The first-order valence-electron chi connectivity index (χ1n) is 8.05. The number of carbonyl (C=O) groups excluding carboxylic acids is 1. The van der Waals surface area contributed by atoms with Crippen molar-refractivity contribution in [1.29, 1.82) is 0 Å². The van der Waals surface area contributed by atoms with E-state index >= 15 is 0 Å². The Kier molecular flexibility index (Phi) is 4.85. The number of rotatable bonds is 5. The standard InChI is InChI=1S/C16H21N5O2/c1-2-21-15(17-18-19-21)12-23-14-8-6-13(7-9-14)16(22)20-10-4-3-5-11-20/h6-9H,2-5,10-12H2,1H3. The predicted molar refractivity (Wildman–Crippen MR) is 84.0 cm³/mol. The number of likely N-dealkylation sites (tertiary alicyclic amines) is 1. The molecule has 1 aliphatic heterocycles. The average molecular weight is 315 g/mol. The fourth-order valence-electron chi connectivity index (χ4n) is 2.69. The molecule has 0 saturated carbocycles. The number of hydrogen-bond acceptors (Lipinski definition) is 5. The Morgan fingerprint density at radius 1 is 1.17 bits per heavy atom. The van der Waals surface area contributed by atoms with Gasteiger partial charge in [0.15, 0.2) is 5.82 Å². The molecule has 1 saturated heterocycles. The van der Waals surface area contributed by atoms with E-state index in [1.807, 2.05) is 36.1 Å². The second-order valence-electron chi connectivity index (χ2n) is 5.58. The van der Waals surface area contributed by atoms with Gasteiger partial charge in [-0.2, -0.15) is 0 Å². The van der Waals surface area contributed by atoms with E-state index in [2.05, 4.69) is 15.5 Å². The first-order valence-corrected chi connectivity index (χ1v) is 8.05. The van der Waals surface area contributed by atoms with Crippen molar-refractivity contribution in [2.45, 2.75) is 39.3 Å². The lowest BCUT2D eigenvalue weighted by Gasteiger charge is -2.26. The molecule has 0 N–H and O–H groups in total. The smallest absolute Gasteiger partial charge is 0.253 e. The van der Waals surface area contributed by atoms with Crippen LogP contribution in [0.4, 0.5) is 0 Å². The van der Waals surface area contributed by atoms with Gasteiger partial charge in [-0.3, -0.25) is 4.79 Å². The van der Waals surface area contributed by atoms with Crippen LogP contribution < -0.4 is 4.74 Å². The van der Waals surface area contributed by atoms with Crippen LogP contribution in [0.25, 0.3) is 0 Å². The van der Waals surface area contributed by atoms with Crippen LogP contribution in [-0.2, 0) is 13.2 Å². The molecule has 2 heterocycles. The second-order valence-corrected chi connectivity index (χ2v) is 5.58. The number of piperidine rings is 1. The van der Waals surface area contributed by atoms with Gasteiger partial charge in [-0.1, -0.05) is 0 Å². The van der Waals surface area contributed by atoms with Crippen LogP contribution in [0.2, 0.25) is 0 Å². The topological polar surface area (TPSA) is 73.1 Å². The lowest BCUT2D eigenvalue weighted by molar-refractivity contribution is 0.0724. The van der Waals surface area contributed by atoms with E-state index in [0.29, 0.717) is 30.3 Å². The fourth-order valence-corrected chi connectivity index (χ4v) is 2.69. The number of carbonyl (C=O) groups is 1. The maximum Gasteiger partial charge on any atom is 0.253 e. The molecule has 1 fully saturated rings. The van der Waals surface area contributed by atoms with Gasteiger partial charge in [0, 0.05) is 25.2 Å². The maximum atomic E-state index is 12.4. The Morgan fingerprint density at radius 3 is 2.61 bits per heavy atom. The lowest BCUT2D eigenvalue weighted by Crippen LogP contribution is -2.35. The summed E-state index contributed by atoms with van der Waals surface area (Å²) in [5.41, 5.74) is 0.706. The molecule has 0 spiro atoms. The van der Waals surface area contributed by atoms with Gasteiger partial charge in [-0.25, -0.2) is 4.68 Å². The second kappa shape index (κ2) is 7.21. The Labute approximate surface area is 135 Å². The summed E-state index contributed by atoms with van der Waals surface area (Å²) in [7, 11) is 0. The van der Waals surface area contributed by atoms with Gasteiger partial charge in [0.05, 0.1) is 0 Å². The quantitative estimate of drug-likeness (QED) is 0.842. The van der Waals surface area contributed by atoms with Crippen LogP contribution >= 0.6 is 0 Å². The number of aryl methyl sites for hydroxylation is 1. The van der Waals surface area contributed by atoms with Crippen molar-refractivity contribution in [3.63, 3.8) is 0 Å². The van der Waals surface area contributed by atoms with Crippen molar-refractivity contribution in [1.82, 2.24) is 25.1 Å². The van der Waals surface area contributed by atoms with Crippen molar-refractivity contribution >= 4 is 5.91 Å². The van der Waals surface area contributed by atoms with Gasteiger partial charge in [-0.15, -0.1) is 5.10 Å². The first-order chi connectivity index (χ1) is 11.3. The van der Waals surface area contributed by atoms with Crippen molar-refractivity contribution < 1.29 is 9.53 Å². The molecular weight excluding hydrogens is 294 g/mol. The van der Waals surface area contributed by atoms with Crippen molar-refractivity contribution in [2.24, 2.45) is 0 Å². The highest BCUT2D eigenvalue weighted by Gasteiger charge is 2.18. The number of ether oxygens (including phenoxy) is 1. The molecule has 7 heteroatoms. The molecule has 1 amide bonds. The zero-order valence-corrected chi connectivity index (χ0v) is 13.3. The molecule has 0 atom stereocenters. The van der Waals surface area contributed by atoms with Gasteiger partial charge in [-0.05, 0) is 60.9 Å². The Bertz CT molecular complexity index is 647. The average Bonchev–Trinajstić information content (AvgIpc) is 3.08. The largest absolute Gasteiger partial charge is 0.486 e. The van der Waals surface area contributed by atoms with Crippen LogP contribution in [0.1, 0.15) is 42.4 Å². The van der Waals surface area contributed by atoms with Crippen LogP contribution in [0.15, 0.2) is 24.3 Å². The van der Waals surface area contributed by atoms with E-state index < -0.39 is 0 Å². The SMILES string of the molecule is CCn1nnnc1COc1ccc(C(=O)N2CCCCC2)cc1.